The van der Waals surface area contributed by atoms with Gasteiger partial charge in [0, 0.05) is 16.7 Å². The van der Waals surface area contributed by atoms with Gasteiger partial charge in [-0.3, -0.25) is 4.79 Å². The number of halogens is 1. The third kappa shape index (κ3) is 2.44. The Balaban J connectivity index is 2.00. The van der Waals surface area contributed by atoms with Gasteiger partial charge in [-0.25, -0.2) is 0 Å². The Morgan fingerprint density at radius 2 is 2.00 bits per heavy atom. The molecule has 1 aromatic carbocycles. The van der Waals surface area contributed by atoms with Crippen LogP contribution in [0, 0.1) is 5.41 Å². The van der Waals surface area contributed by atoms with Crippen LogP contribution in [-0.4, -0.2) is 19.5 Å². The second kappa shape index (κ2) is 4.55. The van der Waals surface area contributed by atoms with Crippen molar-refractivity contribution >= 4 is 27.5 Å². The molecule has 1 fully saturated rings. The van der Waals surface area contributed by atoms with Gasteiger partial charge in [-0.05, 0) is 44.2 Å². The van der Waals surface area contributed by atoms with E-state index in [0.29, 0.717) is 0 Å². The molecule has 1 aliphatic carbocycles. The highest BCUT2D eigenvalue weighted by atomic mass is 79.9. The van der Waals surface area contributed by atoms with Gasteiger partial charge in [0.05, 0.1) is 5.41 Å². The quantitative estimate of drug-likeness (QED) is 0.890. The summed E-state index contributed by atoms with van der Waals surface area (Å²) >= 11 is 3.37. The minimum Gasteiger partial charge on any atom is -0.326 e. The van der Waals surface area contributed by atoms with Crippen molar-refractivity contribution in [2.75, 3.05) is 18.9 Å². The summed E-state index contributed by atoms with van der Waals surface area (Å²) < 4.78 is 1.02. The minimum absolute atomic E-state index is 0.129. The van der Waals surface area contributed by atoms with E-state index in [4.69, 9.17) is 0 Å². The molecule has 1 aromatic rings. The molecule has 0 spiro atoms. The Morgan fingerprint density at radius 1 is 1.38 bits per heavy atom. The molecule has 86 valence electrons. The second-order valence-corrected chi connectivity index (χ2v) is 5.19. The summed E-state index contributed by atoms with van der Waals surface area (Å²) in [7, 11) is 1.88. The van der Waals surface area contributed by atoms with Crippen molar-refractivity contribution in [3.8, 4) is 0 Å². The summed E-state index contributed by atoms with van der Waals surface area (Å²) in [6, 6.07) is 7.65. The van der Waals surface area contributed by atoms with E-state index in [1.54, 1.807) is 0 Å². The van der Waals surface area contributed by atoms with Gasteiger partial charge in [-0.2, -0.15) is 0 Å². The number of amides is 1. The van der Waals surface area contributed by atoms with E-state index in [0.717, 1.165) is 29.5 Å². The van der Waals surface area contributed by atoms with Crippen molar-refractivity contribution < 1.29 is 4.79 Å². The lowest BCUT2D eigenvalue weighted by atomic mass is 10.1. The molecule has 1 saturated carbocycles. The maximum Gasteiger partial charge on any atom is 0.231 e. The van der Waals surface area contributed by atoms with Gasteiger partial charge in [0.15, 0.2) is 0 Å². The third-order valence-electron chi connectivity index (χ3n) is 2.95. The van der Waals surface area contributed by atoms with Crippen LogP contribution in [-0.2, 0) is 4.79 Å². The van der Waals surface area contributed by atoms with E-state index in [2.05, 4.69) is 26.6 Å². The number of hydrogen-bond acceptors (Lipinski definition) is 2. The van der Waals surface area contributed by atoms with Gasteiger partial charge >= 0.3 is 0 Å². The van der Waals surface area contributed by atoms with E-state index < -0.39 is 0 Å². The fraction of sp³-hybridized carbons (Fsp3) is 0.417. The van der Waals surface area contributed by atoms with Crippen molar-refractivity contribution in [1.82, 2.24) is 5.32 Å². The molecule has 2 N–H and O–H groups in total. The molecule has 3 nitrogen and oxygen atoms in total. The molecule has 4 heteroatoms. The van der Waals surface area contributed by atoms with Crippen molar-refractivity contribution in [1.29, 1.82) is 0 Å². The maximum absolute atomic E-state index is 12.0. The molecular weight excluding hydrogens is 268 g/mol. The first kappa shape index (κ1) is 11.6. The van der Waals surface area contributed by atoms with Crippen molar-refractivity contribution in [2.45, 2.75) is 12.8 Å². The Morgan fingerprint density at radius 3 is 2.50 bits per heavy atom. The molecule has 16 heavy (non-hydrogen) atoms. The summed E-state index contributed by atoms with van der Waals surface area (Å²) in [5.74, 6) is 0.129. The van der Waals surface area contributed by atoms with E-state index >= 15 is 0 Å². The lowest BCUT2D eigenvalue weighted by Crippen LogP contribution is -2.32. The summed E-state index contributed by atoms with van der Waals surface area (Å²) in [6.45, 7) is 0.759. The van der Waals surface area contributed by atoms with Gasteiger partial charge in [0.2, 0.25) is 5.91 Å². The molecule has 2 rings (SSSR count). The Bertz CT molecular complexity index is 385. The second-order valence-electron chi connectivity index (χ2n) is 4.27. The average molecular weight is 283 g/mol. The minimum atomic E-state index is -0.165. The molecule has 0 saturated heterocycles. The first-order chi connectivity index (χ1) is 7.66. The van der Waals surface area contributed by atoms with Gasteiger partial charge in [-0.15, -0.1) is 0 Å². The van der Waals surface area contributed by atoms with Gasteiger partial charge in [0.1, 0.15) is 0 Å². The fourth-order valence-electron chi connectivity index (χ4n) is 1.77. The Labute approximate surface area is 104 Å². The first-order valence-electron chi connectivity index (χ1n) is 5.38. The Hall–Kier alpha value is -0.870. The van der Waals surface area contributed by atoms with Crippen LogP contribution < -0.4 is 10.6 Å². The number of benzene rings is 1. The van der Waals surface area contributed by atoms with Crippen LogP contribution >= 0.6 is 15.9 Å². The lowest BCUT2D eigenvalue weighted by Gasteiger charge is -2.14. The predicted molar refractivity (Wildman–Crippen MR) is 68.4 cm³/mol. The number of carbonyl (C=O) groups excluding carboxylic acids is 1. The van der Waals surface area contributed by atoms with Gasteiger partial charge in [0.25, 0.3) is 0 Å². The van der Waals surface area contributed by atoms with Crippen molar-refractivity contribution in [2.24, 2.45) is 5.41 Å². The normalized spacial score (nSPS) is 16.9. The van der Waals surface area contributed by atoms with E-state index in [1.807, 2.05) is 31.3 Å². The SMILES string of the molecule is CNCC1(C(=O)Nc2ccc(Br)cc2)CC1. The zero-order valence-corrected chi connectivity index (χ0v) is 10.8. The zero-order chi connectivity index (χ0) is 11.6. The first-order valence-corrected chi connectivity index (χ1v) is 6.17. The van der Waals surface area contributed by atoms with Crippen molar-refractivity contribution in [3.63, 3.8) is 0 Å². The molecule has 0 atom stereocenters. The highest BCUT2D eigenvalue weighted by molar-refractivity contribution is 9.10. The van der Waals surface area contributed by atoms with Crippen LogP contribution in [0.3, 0.4) is 0 Å². The topological polar surface area (TPSA) is 41.1 Å². The largest absolute Gasteiger partial charge is 0.326 e. The zero-order valence-electron chi connectivity index (χ0n) is 9.22. The monoisotopic (exact) mass is 282 g/mol. The highest BCUT2D eigenvalue weighted by Gasteiger charge is 2.49. The Kier molecular flexibility index (Phi) is 3.30. The number of carbonyl (C=O) groups is 1. The van der Waals surface area contributed by atoms with Crippen LogP contribution in [0.1, 0.15) is 12.8 Å². The van der Waals surface area contributed by atoms with Gasteiger partial charge < -0.3 is 10.6 Å². The maximum atomic E-state index is 12.0. The highest BCUT2D eigenvalue weighted by Crippen LogP contribution is 2.45. The summed E-state index contributed by atoms with van der Waals surface area (Å²) in [4.78, 5) is 12.0. The standard InChI is InChI=1S/C12H15BrN2O/c1-14-8-12(6-7-12)11(16)15-10-4-2-9(13)3-5-10/h2-5,14H,6-8H2,1H3,(H,15,16). The molecule has 1 amide bonds. The van der Waals surface area contributed by atoms with Crippen molar-refractivity contribution in [3.05, 3.63) is 28.7 Å². The molecule has 0 radical (unpaired) electrons. The predicted octanol–water partition coefficient (Wildman–Crippen LogP) is 2.39. The smallest absolute Gasteiger partial charge is 0.231 e. The molecule has 0 bridgehead atoms. The molecule has 1 aliphatic rings. The lowest BCUT2D eigenvalue weighted by molar-refractivity contribution is -0.120. The molecule has 0 aromatic heterocycles. The number of anilines is 1. The van der Waals surface area contributed by atoms with E-state index in [1.165, 1.54) is 0 Å². The van der Waals surface area contributed by atoms with Crippen LogP contribution in [0.25, 0.3) is 0 Å². The number of hydrogen-bond donors (Lipinski definition) is 2. The number of rotatable bonds is 4. The molecular formula is C12H15BrN2O. The molecule has 0 unspecified atom stereocenters. The summed E-state index contributed by atoms with van der Waals surface area (Å²) in [5, 5.41) is 6.03. The van der Waals surface area contributed by atoms with Crippen LogP contribution in [0.5, 0.6) is 0 Å². The average Bonchev–Trinajstić information content (AvgIpc) is 3.03. The number of nitrogens with one attached hydrogen (secondary N) is 2. The van der Waals surface area contributed by atoms with Crippen LogP contribution in [0.4, 0.5) is 5.69 Å². The van der Waals surface area contributed by atoms with Gasteiger partial charge in [-0.1, -0.05) is 15.9 Å². The molecule has 0 aliphatic heterocycles. The van der Waals surface area contributed by atoms with E-state index in [-0.39, 0.29) is 11.3 Å². The van der Waals surface area contributed by atoms with Crippen LogP contribution in [0.15, 0.2) is 28.7 Å². The summed E-state index contributed by atoms with van der Waals surface area (Å²) in [5.41, 5.74) is 0.692. The van der Waals surface area contributed by atoms with E-state index in [9.17, 15) is 4.79 Å². The summed E-state index contributed by atoms with van der Waals surface area (Å²) in [6.07, 6.45) is 1.96. The fourth-order valence-corrected chi connectivity index (χ4v) is 2.03. The molecule has 0 heterocycles. The third-order valence-corrected chi connectivity index (χ3v) is 3.48. The van der Waals surface area contributed by atoms with Crippen LogP contribution in [0.2, 0.25) is 0 Å².